The summed E-state index contributed by atoms with van der Waals surface area (Å²) >= 11 is 0. The molecule has 0 amide bonds. The first kappa shape index (κ1) is 20.0. The molecule has 0 fully saturated rings. The van der Waals surface area contributed by atoms with Gasteiger partial charge in [-0.3, -0.25) is 0 Å². The second kappa shape index (κ2) is 9.32. The molecule has 0 saturated carbocycles. The molecule has 0 spiro atoms. The Morgan fingerprint density at radius 1 is 0.920 bits per heavy atom. The first-order valence-electron chi connectivity index (χ1n) is 7.65. The van der Waals surface area contributed by atoms with Crippen molar-refractivity contribution in [1.29, 1.82) is 0 Å². The maximum atomic E-state index is 9.10. The van der Waals surface area contributed by atoms with Gasteiger partial charge in [0.05, 0.1) is 7.11 Å². The molecule has 0 heterocycles. The summed E-state index contributed by atoms with van der Waals surface area (Å²) in [6.45, 7) is 7.16. The van der Waals surface area contributed by atoms with Gasteiger partial charge in [0.25, 0.3) is 0 Å². The maximum absolute atomic E-state index is 9.10. The van der Waals surface area contributed by atoms with Gasteiger partial charge in [-0.25, -0.2) is 9.59 Å². The third-order valence-electron chi connectivity index (χ3n) is 3.65. The number of benzene rings is 2. The van der Waals surface area contributed by atoms with Crippen LogP contribution < -0.4 is 10.1 Å². The van der Waals surface area contributed by atoms with Gasteiger partial charge in [-0.15, -0.1) is 0 Å². The number of aliphatic carboxylic acids is 2. The number of nitrogens with one attached hydrogen (secondary N) is 1. The largest absolute Gasteiger partial charge is 0.496 e. The van der Waals surface area contributed by atoms with E-state index < -0.39 is 11.9 Å². The van der Waals surface area contributed by atoms with E-state index in [1.54, 1.807) is 7.11 Å². The summed E-state index contributed by atoms with van der Waals surface area (Å²) in [5, 5.41) is 18.2. The van der Waals surface area contributed by atoms with Crippen molar-refractivity contribution in [2.45, 2.75) is 27.3 Å². The van der Waals surface area contributed by atoms with E-state index in [0.29, 0.717) is 0 Å². The fourth-order valence-corrected chi connectivity index (χ4v) is 2.11. The minimum atomic E-state index is -1.82. The summed E-state index contributed by atoms with van der Waals surface area (Å²) in [5.74, 6) is -2.71. The van der Waals surface area contributed by atoms with Gasteiger partial charge in [0.15, 0.2) is 0 Å². The fourth-order valence-electron chi connectivity index (χ4n) is 2.11. The summed E-state index contributed by atoms with van der Waals surface area (Å²) in [5.41, 5.74) is 6.23. The van der Waals surface area contributed by atoms with Gasteiger partial charge < -0.3 is 20.3 Å². The zero-order valence-electron chi connectivity index (χ0n) is 14.8. The van der Waals surface area contributed by atoms with Crippen LogP contribution >= 0.6 is 0 Å². The maximum Gasteiger partial charge on any atom is 0.414 e. The number of carbonyl (C=O) groups is 2. The van der Waals surface area contributed by atoms with Gasteiger partial charge in [0.1, 0.15) is 5.75 Å². The molecule has 0 unspecified atom stereocenters. The molecule has 0 aliphatic heterocycles. The zero-order chi connectivity index (χ0) is 19.0. The van der Waals surface area contributed by atoms with Gasteiger partial charge >= 0.3 is 11.9 Å². The van der Waals surface area contributed by atoms with E-state index in [-0.39, 0.29) is 0 Å². The molecule has 134 valence electrons. The predicted molar refractivity (Wildman–Crippen MR) is 96.2 cm³/mol. The average Bonchev–Trinajstić information content (AvgIpc) is 2.56. The average molecular weight is 345 g/mol. The summed E-state index contributed by atoms with van der Waals surface area (Å²) in [7, 11) is 1.70. The molecular weight excluding hydrogens is 322 g/mol. The lowest BCUT2D eigenvalue weighted by molar-refractivity contribution is -0.159. The van der Waals surface area contributed by atoms with Crippen LogP contribution in [-0.4, -0.2) is 29.3 Å². The molecule has 0 aromatic heterocycles. The monoisotopic (exact) mass is 345 g/mol. The molecule has 2 rings (SSSR count). The molecule has 6 heteroatoms. The fraction of sp³-hybridized carbons (Fsp3) is 0.263. The topological polar surface area (TPSA) is 95.9 Å². The number of hydrogen-bond donors (Lipinski definition) is 3. The number of carboxylic acid groups (broad SMARTS) is 2. The number of aryl methyl sites for hydroxylation is 3. The van der Waals surface area contributed by atoms with Crippen LogP contribution in [0.4, 0.5) is 5.69 Å². The van der Waals surface area contributed by atoms with Crippen molar-refractivity contribution in [3.63, 3.8) is 0 Å². The Hall–Kier alpha value is -3.02. The van der Waals surface area contributed by atoms with Crippen molar-refractivity contribution in [3.8, 4) is 5.75 Å². The summed E-state index contributed by atoms with van der Waals surface area (Å²) in [6, 6.07) is 12.7. The highest BCUT2D eigenvalue weighted by Crippen LogP contribution is 2.20. The van der Waals surface area contributed by atoms with Gasteiger partial charge in [-0.2, -0.15) is 0 Å². The van der Waals surface area contributed by atoms with Gasteiger partial charge in [-0.05, 0) is 61.2 Å². The Morgan fingerprint density at radius 3 is 2.04 bits per heavy atom. The first-order chi connectivity index (χ1) is 11.7. The number of carboxylic acids is 2. The van der Waals surface area contributed by atoms with Crippen molar-refractivity contribution >= 4 is 17.6 Å². The SMILES string of the molecule is COc1ccc(CNc2ccc(C)c(C)c2)cc1C.O=C(O)C(=O)O. The summed E-state index contributed by atoms with van der Waals surface area (Å²) in [6.07, 6.45) is 0. The summed E-state index contributed by atoms with van der Waals surface area (Å²) in [4.78, 5) is 18.2. The minimum Gasteiger partial charge on any atom is -0.496 e. The van der Waals surface area contributed by atoms with Crippen LogP contribution in [0.3, 0.4) is 0 Å². The van der Waals surface area contributed by atoms with E-state index in [2.05, 4.69) is 56.4 Å². The van der Waals surface area contributed by atoms with E-state index in [4.69, 9.17) is 24.5 Å². The molecular formula is C19H23NO5. The van der Waals surface area contributed by atoms with Crippen LogP contribution in [0.1, 0.15) is 22.3 Å². The summed E-state index contributed by atoms with van der Waals surface area (Å²) < 4.78 is 5.27. The minimum absolute atomic E-state index is 0.827. The molecule has 2 aromatic carbocycles. The van der Waals surface area contributed by atoms with Crippen LogP contribution in [0.2, 0.25) is 0 Å². The number of methoxy groups -OCH3 is 1. The van der Waals surface area contributed by atoms with Crippen LogP contribution in [-0.2, 0) is 16.1 Å². The van der Waals surface area contributed by atoms with Crippen molar-refractivity contribution in [3.05, 3.63) is 58.7 Å². The highest BCUT2D eigenvalue weighted by atomic mass is 16.5. The number of anilines is 1. The van der Waals surface area contributed by atoms with Crippen molar-refractivity contribution < 1.29 is 24.5 Å². The van der Waals surface area contributed by atoms with Crippen molar-refractivity contribution in [1.82, 2.24) is 0 Å². The smallest absolute Gasteiger partial charge is 0.414 e. The van der Waals surface area contributed by atoms with Gasteiger partial charge in [-0.1, -0.05) is 18.2 Å². The predicted octanol–water partition coefficient (Wildman–Crippen LogP) is 3.39. The molecule has 0 aliphatic rings. The van der Waals surface area contributed by atoms with Crippen LogP contribution in [0.15, 0.2) is 36.4 Å². The quantitative estimate of drug-likeness (QED) is 0.735. The van der Waals surface area contributed by atoms with E-state index in [1.165, 1.54) is 22.3 Å². The van der Waals surface area contributed by atoms with Crippen LogP contribution in [0.25, 0.3) is 0 Å². The number of ether oxygens (including phenoxy) is 1. The normalized spacial score (nSPS) is 9.60. The molecule has 0 aliphatic carbocycles. The highest BCUT2D eigenvalue weighted by molar-refractivity contribution is 6.27. The lowest BCUT2D eigenvalue weighted by Gasteiger charge is -2.11. The molecule has 6 nitrogen and oxygen atoms in total. The van der Waals surface area contributed by atoms with E-state index >= 15 is 0 Å². The Kier molecular flexibility index (Phi) is 7.46. The number of rotatable bonds is 4. The Bertz CT molecular complexity index is 743. The second-order valence-electron chi connectivity index (χ2n) is 5.57. The van der Waals surface area contributed by atoms with E-state index in [1.807, 2.05) is 6.07 Å². The molecule has 25 heavy (non-hydrogen) atoms. The molecule has 3 N–H and O–H groups in total. The third-order valence-corrected chi connectivity index (χ3v) is 3.65. The Balaban J connectivity index is 0.000000450. The van der Waals surface area contributed by atoms with Crippen LogP contribution in [0.5, 0.6) is 5.75 Å². The Morgan fingerprint density at radius 2 is 1.56 bits per heavy atom. The molecule has 0 bridgehead atoms. The standard InChI is InChI=1S/C17H21NO.C2H2O4/c1-12-5-7-16(10-13(12)2)18-11-15-6-8-17(19-4)14(3)9-15;3-1(4)2(5)6/h5-10,18H,11H2,1-4H3;(H,3,4)(H,5,6). The van der Waals surface area contributed by atoms with Gasteiger partial charge in [0.2, 0.25) is 0 Å². The third kappa shape index (κ3) is 6.55. The zero-order valence-corrected chi connectivity index (χ0v) is 14.8. The first-order valence-corrected chi connectivity index (χ1v) is 7.65. The number of hydrogen-bond acceptors (Lipinski definition) is 4. The van der Waals surface area contributed by atoms with Gasteiger partial charge in [0, 0.05) is 12.2 Å². The second-order valence-corrected chi connectivity index (χ2v) is 5.57. The highest BCUT2D eigenvalue weighted by Gasteiger charge is 2.04. The van der Waals surface area contributed by atoms with E-state index in [0.717, 1.165) is 18.0 Å². The van der Waals surface area contributed by atoms with E-state index in [9.17, 15) is 0 Å². The molecule has 0 atom stereocenters. The lowest BCUT2D eigenvalue weighted by Crippen LogP contribution is -2.09. The molecule has 0 radical (unpaired) electrons. The lowest BCUT2D eigenvalue weighted by atomic mass is 10.1. The molecule has 2 aromatic rings. The van der Waals surface area contributed by atoms with Crippen LogP contribution in [0, 0.1) is 20.8 Å². The van der Waals surface area contributed by atoms with Crippen molar-refractivity contribution in [2.75, 3.05) is 12.4 Å². The molecule has 0 saturated heterocycles. The van der Waals surface area contributed by atoms with Crippen molar-refractivity contribution in [2.24, 2.45) is 0 Å². The Labute approximate surface area is 147 Å².